The van der Waals surface area contributed by atoms with Crippen molar-refractivity contribution in [3.05, 3.63) is 46.0 Å². The third-order valence-corrected chi connectivity index (χ3v) is 4.90. The molecule has 0 saturated heterocycles. The van der Waals surface area contributed by atoms with Gasteiger partial charge in [-0.1, -0.05) is 19.9 Å². The molecule has 1 saturated carbocycles. The van der Waals surface area contributed by atoms with Crippen LogP contribution in [0.1, 0.15) is 31.9 Å². The first kappa shape index (κ1) is 18.5. The Bertz CT molecular complexity index is 705. The van der Waals surface area contributed by atoms with Gasteiger partial charge in [0.2, 0.25) is 0 Å². The molecule has 130 valence electrons. The summed E-state index contributed by atoms with van der Waals surface area (Å²) in [6.07, 6.45) is 1.61. The van der Waals surface area contributed by atoms with Crippen LogP contribution >= 0.6 is 0 Å². The molecule has 0 aliphatic heterocycles. The number of rotatable bonds is 5. The maximum atomic E-state index is 14.2. The van der Waals surface area contributed by atoms with E-state index >= 15 is 0 Å². The van der Waals surface area contributed by atoms with E-state index in [2.05, 4.69) is 4.74 Å². The van der Waals surface area contributed by atoms with Gasteiger partial charge in [-0.25, -0.2) is 17.6 Å². The van der Waals surface area contributed by atoms with Gasteiger partial charge in [0.05, 0.1) is 18.2 Å². The summed E-state index contributed by atoms with van der Waals surface area (Å²) in [5, 5.41) is 8.85. The minimum atomic E-state index is -1.41. The molecule has 0 heterocycles. The molecule has 0 bridgehead atoms. The van der Waals surface area contributed by atoms with Gasteiger partial charge in [-0.05, 0) is 30.6 Å². The summed E-state index contributed by atoms with van der Waals surface area (Å²) >= 11 is 0. The molecule has 24 heavy (non-hydrogen) atoms. The molecule has 0 N–H and O–H groups in total. The highest BCUT2D eigenvalue weighted by molar-refractivity contribution is 5.33. The van der Waals surface area contributed by atoms with Gasteiger partial charge in [-0.2, -0.15) is 5.26 Å². The zero-order valence-electron chi connectivity index (χ0n) is 14.0. The lowest BCUT2D eigenvalue weighted by Crippen LogP contribution is -2.11. The van der Waals surface area contributed by atoms with E-state index < -0.39 is 41.0 Å². The predicted molar refractivity (Wildman–Crippen MR) is 80.8 cm³/mol. The van der Waals surface area contributed by atoms with Gasteiger partial charge >= 0.3 is 0 Å². The summed E-state index contributed by atoms with van der Waals surface area (Å²) in [5.41, 5.74) is -1.13. The molecule has 0 spiro atoms. The van der Waals surface area contributed by atoms with Crippen molar-refractivity contribution in [2.45, 2.75) is 33.8 Å². The molecule has 2 nitrogen and oxygen atoms in total. The number of benzene rings is 1. The number of nitrogens with zero attached hydrogens (tertiary/aromatic N) is 1. The number of methoxy groups -OCH3 is 1. The summed E-state index contributed by atoms with van der Waals surface area (Å²) < 4.78 is 61.0. The van der Waals surface area contributed by atoms with Gasteiger partial charge in [0, 0.05) is 18.2 Å². The van der Waals surface area contributed by atoms with E-state index in [0.29, 0.717) is 5.57 Å². The van der Waals surface area contributed by atoms with Crippen molar-refractivity contribution < 1.29 is 22.3 Å². The van der Waals surface area contributed by atoms with Crippen LogP contribution in [0.5, 0.6) is 0 Å². The summed E-state index contributed by atoms with van der Waals surface area (Å²) in [6.45, 7) is 4.88. The maximum Gasteiger partial charge on any atom is 0.167 e. The largest absolute Gasteiger partial charge is 0.380 e. The van der Waals surface area contributed by atoms with Crippen molar-refractivity contribution in [2.75, 3.05) is 7.11 Å². The Kier molecular flexibility index (Phi) is 5.05. The van der Waals surface area contributed by atoms with E-state index in [-0.39, 0.29) is 23.7 Å². The second kappa shape index (κ2) is 6.56. The van der Waals surface area contributed by atoms with E-state index in [1.807, 2.05) is 19.9 Å². The average molecular weight is 341 g/mol. The van der Waals surface area contributed by atoms with Crippen LogP contribution in [0.4, 0.5) is 17.6 Å². The predicted octanol–water partition coefficient (Wildman–Crippen LogP) is 4.67. The summed E-state index contributed by atoms with van der Waals surface area (Å²) in [5.74, 6) is -5.83. The van der Waals surface area contributed by atoms with Crippen molar-refractivity contribution in [3.8, 4) is 6.07 Å². The van der Waals surface area contributed by atoms with Gasteiger partial charge in [-0.15, -0.1) is 0 Å². The third-order valence-electron chi connectivity index (χ3n) is 4.90. The van der Waals surface area contributed by atoms with Gasteiger partial charge in [0.15, 0.2) is 23.3 Å². The minimum Gasteiger partial charge on any atom is -0.380 e. The highest BCUT2D eigenvalue weighted by Crippen LogP contribution is 2.60. The number of nitriles is 1. The fourth-order valence-electron chi connectivity index (χ4n) is 3.21. The van der Waals surface area contributed by atoms with Gasteiger partial charge in [0.25, 0.3) is 0 Å². The normalized spacial score (nSPS) is 22.4. The van der Waals surface area contributed by atoms with Crippen LogP contribution in [0.3, 0.4) is 0 Å². The molecule has 1 fully saturated rings. The Hall–Kier alpha value is -1.87. The summed E-state index contributed by atoms with van der Waals surface area (Å²) in [6, 6.07) is 2.00. The highest BCUT2D eigenvalue weighted by Gasteiger charge is 2.56. The zero-order valence-corrected chi connectivity index (χ0v) is 14.0. The van der Waals surface area contributed by atoms with E-state index in [9.17, 15) is 17.6 Å². The quantitative estimate of drug-likeness (QED) is 0.443. The van der Waals surface area contributed by atoms with Crippen molar-refractivity contribution in [1.29, 1.82) is 5.26 Å². The van der Waals surface area contributed by atoms with Crippen molar-refractivity contribution >= 4 is 0 Å². The van der Waals surface area contributed by atoms with Crippen molar-refractivity contribution in [1.82, 2.24) is 0 Å². The van der Waals surface area contributed by atoms with Crippen molar-refractivity contribution in [2.24, 2.45) is 17.3 Å². The molecule has 0 aromatic heterocycles. The van der Waals surface area contributed by atoms with Gasteiger partial charge in [-0.3, -0.25) is 0 Å². The second-order valence-corrected chi connectivity index (χ2v) is 6.77. The number of allylic oxidation sites excluding steroid dienone is 2. The lowest BCUT2D eigenvalue weighted by Gasteiger charge is -2.12. The molecule has 0 radical (unpaired) electrons. The highest BCUT2D eigenvalue weighted by atomic mass is 19.2. The topological polar surface area (TPSA) is 33.0 Å². The molecule has 1 aliphatic carbocycles. The van der Waals surface area contributed by atoms with Crippen LogP contribution in [0.25, 0.3) is 0 Å². The van der Waals surface area contributed by atoms with E-state index in [0.717, 1.165) is 0 Å². The molecule has 2 atom stereocenters. The van der Waals surface area contributed by atoms with E-state index in [1.165, 1.54) is 7.11 Å². The standard InChI is InChI=1S/C18H19F4NO/c1-9(7-23)5-12-13(18(12,2)3)6-10-14(19)16(21)11(8-24-4)17(22)15(10)20/h5,12-13H,6,8H2,1-4H3/b9-5-/t12-,13-/m1/s1. The zero-order chi connectivity index (χ0) is 18.2. The molecule has 1 aromatic rings. The fourth-order valence-corrected chi connectivity index (χ4v) is 3.21. The first-order valence-corrected chi connectivity index (χ1v) is 7.57. The Labute approximate surface area is 138 Å². The van der Waals surface area contributed by atoms with Crippen molar-refractivity contribution in [3.63, 3.8) is 0 Å². The number of ether oxygens (including phenoxy) is 1. The fraction of sp³-hybridized carbons (Fsp3) is 0.500. The Morgan fingerprint density at radius 1 is 1.12 bits per heavy atom. The average Bonchev–Trinajstić information content (AvgIpc) is 3.05. The lowest BCUT2D eigenvalue weighted by atomic mass is 9.99. The molecule has 1 aromatic carbocycles. The summed E-state index contributed by atoms with van der Waals surface area (Å²) in [4.78, 5) is 0. The number of hydrogen-bond donors (Lipinski definition) is 0. The van der Waals surface area contributed by atoms with Crippen LogP contribution < -0.4 is 0 Å². The molecular formula is C18H19F4NO. The van der Waals surface area contributed by atoms with Crippen LogP contribution in [0.15, 0.2) is 11.6 Å². The number of halogens is 4. The minimum absolute atomic E-state index is 0.0688. The smallest absolute Gasteiger partial charge is 0.167 e. The lowest BCUT2D eigenvalue weighted by molar-refractivity contribution is 0.175. The molecule has 2 rings (SSSR count). The SMILES string of the molecule is COCc1c(F)c(F)c(C[C@@H]2[C@@H](/C=C(/C)C#N)C2(C)C)c(F)c1F. The Morgan fingerprint density at radius 2 is 1.62 bits per heavy atom. The first-order chi connectivity index (χ1) is 11.2. The van der Waals surface area contributed by atoms with Gasteiger partial charge < -0.3 is 4.74 Å². The number of hydrogen-bond acceptors (Lipinski definition) is 2. The summed E-state index contributed by atoms with van der Waals surface area (Å²) in [7, 11) is 1.18. The van der Waals surface area contributed by atoms with Crippen LogP contribution in [-0.4, -0.2) is 7.11 Å². The van der Waals surface area contributed by atoms with E-state index in [1.54, 1.807) is 13.0 Å². The van der Waals surface area contributed by atoms with Gasteiger partial charge in [0.1, 0.15) is 0 Å². The molecule has 0 unspecified atom stereocenters. The monoisotopic (exact) mass is 341 g/mol. The first-order valence-electron chi connectivity index (χ1n) is 7.57. The third kappa shape index (κ3) is 3.05. The Balaban J connectivity index is 2.37. The van der Waals surface area contributed by atoms with E-state index in [4.69, 9.17) is 5.26 Å². The molecule has 0 amide bonds. The molecular weight excluding hydrogens is 322 g/mol. The van der Waals surface area contributed by atoms with Crippen LogP contribution in [0, 0.1) is 51.9 Å². The Morgan fingerprint density at radius 3 is 2.08 bits per heavy atom. The van der Waals surface area contributed by atoms with Crippen LogP contribution in [-0.2, 0) is 17.8 Å². The van der Waals surface area contributed by atoms with Crippen LogP contribution in [0.2, 0.25) is 0 Å². The molecule has 6 heteroatoms. The maximum absolute atomic E-state index is 14.2. The second-order valence-electron chi connectivity index (χ2n) is 6.77. The molecule has 1 aliphatic rings.